The molecule has 1 N–H and O–H groups in total. The number of rotatable bonds is 4. The molecule has 0 aromatic rings. The maximum atomic E-state index is 10.9. The Bertz CT molecular complexity index is 197. The number of hydrogen-bond acceptors (Lipinski definition) is 2. The number of aliphatic carboxylic acids is 1. The molecule has 0 bridgehead atoms. The van der Waals surface area contributed by atoms with Crippen molar-refractivity contribution in [3.8, 4) is 0 Å². The maximum Gasteiger partial charge on any atom is 0.305 e. The molecule has 0 spiro atoms. The van der Waals surface area contributed by atoms with Crippen LogP contribution in [0.3, 0.4) is 0 Å². The average Bonchev–Trinajstić information content (AvgIpc) is 2.17. The Hall–Kier alpha value is -0.570. The van der Waals surface area contributed by atoms with Crippen molar-refractivity contribution in [1.82, 2.24) is 4.90 Å². The van der Waals surface area contributed by atoms with Gasteiger partial charge >= 0.3 is 5.97 Å². The van der Waals surface area contributed by atoms with Gasteiger partial charge in [-0.3, -0.25) is 4.79 Å². The van der Waals surface area contributed by atoms with Gasteiger partial charge in [-0.1, -0.05) is 26.2 Å². The van der Waals surface area contributed by atoms with Crippen molar-refractivity contribution in [3.63, 3.8) is 0 Å². The van der Waals surface area contributed by atoms with Crippen LogP contribution in [0, 0.1) is 0 Å². The van der Waals surface area contributed by atoms with E-state index in [-0.39, 0.29) is 5.54 Å². The van der Waals surface area contributed by atoms with Crippen LogP contribution in [0.5, 0.6) is 0 Å². The third-order valence-corrected chi connectivity index (χ3v) is 3.55. The van der Waals surface area contributed by atoms with Gasteiger partial charge in [0.1, 0.15) is 0 Å². The SMILES string of the molecule is CCN(C)C1(CC(=O)O)CCCCC1. The van der Waals surface area contributed by atoms with Crippen molar-refractivity contribution in [2.24, 2.45) is 0 Å². The van der Waals surface area contributed by atoms with Crippen LogP contribution in [0.15, 0.2) is 0 Å². The minimum atomic E-state index is -0.660. The Balaban J connectivity index is 2.71. The van der Waals surface area contributed by atoms with E-state index in [0.717, 1.165) is 19.4 Å². The minimum absolute atomic E-state index is 0.0567. The van der Waals surface area contributed by atoms with E-state index in [1.54, 1.807) is 0 Å². The minimum Gasteiger partial charge on any atom is -0.481 e. The predicted molar refractivity (Wildman–Crippen MR) is 56.4 cm³/mol. The second kappa shape index (κ2) is 4.78. The zero-order valence-corrected chi connectivity index (χ0v) is 9.25. The lowest BCUT2D eigenvalue weighted by atomic mass is 9.78. The molecular formula is C11H21NO2. The topological polar surface area (TPSA) is 40.5 Å². The second-order valence-electron chi connectivity index (χ2n) is 4.37. The Morgan fingerprint density at radius 3 is 2.36 bits per heavy atom. The maximum absolute atomic E-state index is 10.9. The molecule has 0 aliphatic heterocycles. The first-order valence-electron chi connectivity index (χ1n) is 5.54. The molecular weight excluding hydrogens is 178 g/mol. The normalized spacial score (nSPS) is 21.1. The second-order valence-corrected chi connectivity index (χ2v) is 4.37. The van der Waals surface area contributed by atoms with Crippen molar-refractivity contribution in [2.45, 2.75) is 51.0 Å². The summed E-state index contributed by atoms with van der Waals surface area (Å²) in [4.78, 5) is 13.1. The van der Waals surface area contributed by atoms with Gasteiger partial charge < -0.3 is 10.0 Å². The lowest BCUT2D eigenvalue weighted by molar-refractivity contribution is -0.141. The van der Waals surface area contributed by atoms with Crippen LogP contribution in [0.4, 0.5) is 0 Å². The van der Waals surface area contributed by atoms with Gasteiger partial charge in [0.2, 0.25) is 0 Å². The van der Waals surface area contributed by atoms with Crippen LogP contribution in [0.25, 0.3) is 0 Å². The molecule has 1 rings (SSSR count). The first kappa shape index (κ1) is 11.5. The van der Waals surface area contributed by atoms with E-state index in [9.17, 15) is 4.79 Å². The number of carboxylic acids is 1. The monoisotopic (exact) mass is 199 g/mol. The summed E-state index contributed by atoms with van der Waals surface area (Å²) in [5, 5.41) is 8.95. The van der Waals surface area contributed by atoms with Crippen molar-refractivity contribution in [3.05, 3.63) is 0 Å². The molecule has 1 aliphatic rings. The number of carboxylic acid groups (broad SMARTS) is 1. The number of nitrogens with zero attached hydrogens (tertiary/aromatic N) is 1. The Morgan fingerprint density at radius 2 is 1.93 bits per heavy atom. The fourth-order valence-electron chi connectivity index (χ4n) is 2.52. The van der Waals surface area contributed by atoms with Crippen LogP contribution in [-0.4, -0.2) is 35.1 Å². The fourth-order valence-corrected chi connectivity index (χ4v) is 2.52. The molecule has 1 fully saturated rings. The molecule has 0 heterocycles. The molecule has 1 saturated carbocycles. The van der Waals surface area contributed by atoms with Gasteiger partial charge in [-0.25, -0.2) is 0 Å². The van der Waals surface area contributed by atoms with Crippen LogP contribution >= 0.6 is 0 Å². The quantitative estimate of drug-likeness (QED) is 0.754. The van der Waals surface area contributed by atoms with E-state index >= 15 is 0 Å². The van der Waals surface area contributed by atoms with E-state index in [1.165, 1.54) is 19.3 Å². The lowest BCUT2D eigenvalue weighted by Crippen LogP contribution is -2.49. The van der Waals surface area contributed by atoms with E-state index in [0.29, 0.717) is 6.42 Å². The Labute approximate surface area is 86.1 Å². The van der Waals surface area contributed by atoms with Gasteiger partial charge in [-0.15, -0.1) is 0 Å². The predicted octanol–water partition coefficient (Wildman–Crippen LogP) is 2.12. The first-order valence-corrected chi connectivity index (χ1v) is 5.54. The van der Waals surface area contributed by atoms with E-state index in [2.05, 4.69) is 11.8 Å². The molecule has 0 amide bonds. The zero-order valence-electron chi connectivity index (χ0n) is 9.25. The van der Waals surface area contributed by atoms with Gasteiger partial charge in [0.25, 0.3) is 0 Å². The van der Waals surface area contributed by atoms with E-state index in [1.807, 2.05) is 7.05 Å². The molecule has 0 saturated heterocycles. The molecule has 14 heavy (non-hydrogen) atoms. The van der Waals surface area contributed by atoms with Gasteiger partial charge in [-0.2, -0.15) is 0 Å². The van der Waals surface area contributed by atoms with Crippen molar-refractivity contribution < 1.29 is 9.90 Å². The van der Waals surface area contributed by atoms with Gasteiger partial charge in [0.05, 0.1) is 6.42 Å². The van der Waals surface area contributed by atoms with Crippen molar-refractivity contribution in [2.75, 3.05) is 13.6 Å². The number of hydrogen-bond donors (Lipinski definition) is 1. The summed E-state index contributed by atoms with van der Waals surface area (Å²) in [6.07, 6.45) is 6.01. The Morgan fingerprint density at radius 1 is 1.36 bits per heavy atom. The Kier molecular flexibility index (Phi) is 3.93. The number of carbonyl (C=O) groups is 1. The molecule has 0 unspecified atom stereocenters. The highest BCUT2D eigenvalue weighted by Gasteiger charge is 2.37. The molecule has 82 valence electrons. The van der Waals surface area contributed by atoms with Crippen LogP contribution in [0.1, 0.15) is 45.4 Å². The smallest absolute Gasteiger partial charge is 0.305 e. The van der Waals surface area contributed by atoms with Gasteiger partial charge in [0, 0.05) is 5.54 Å². The van der Waals surface area contributed by atoms with Gasteiger partial charge in [0.15, 0.2) is 0 Å². The molecule has 3 nitrogen and oxygen atoms in total. The van der Waals surface area contributed by atoms with Crippen molar-refractivity contribution in [1.29, 1.82) is 0 Å². The summed E-state index contributed by atoms with van der Waals surface area (Å²) in [5.41, 5.74) is -0.0567. The highest BCUT2D eigenvalue weighted by atomic mass is 16.4. The van der Waals surface area contributed by atoms with Crippen LogP contribution < -0.4 is 0 Å². The molecule has 0 radical (unpaired) electrons. The summed E-state index contributed by atoms with van der Waals surface area (Å²) in [5.74, 6) is -0.660. The van der Waals surface area contributed by atoms with Crippen LogP contribution in [0.2, 0.25) is 0 Å². The molecule has 3 heteroatoms. The molecule has 0 atom stereocenters. The zero-order chi connectivity index (χ0) is 10.6. The summed E-state index contributed by atoms with van der Waals surface area (Å²) < 4.78 is 0. The van der Waals surface area contributed by atoms with E-state index in [4.69, 9.17) is 5.11 Å². The van der Waals surface area contributed by atoms with Crippen LogP contribution in [-0.2, 0) is 4.79 Å². The third kappa shape index (κ3) is 2.47. The summed E-state index contributed by atoms with van der Waals surface area (Å²) in [6.45, 7) is 3.03. The molecule has 0 aromatic carbocycles. The highest BCUT2D eigenvalue weighted by molar-refractivity contribution is 5.68. The largest absolute Gasteiger partial charge is 0.481 e. The average molecular weight is 199 g/mol. The fraction of sp³-hybridized carbons (Fsp3) is 0.909. The lowest BCUT2D eigenvalue weighted by Gasteiger charge is -2.43. The highest BCUT2D eigenvalue weighted by Crippen LogP contribution is 2.35. The third-order valence-electron chi connectivity index (χ3n) is 3.55. The molecule has 1 aliphatic carbocycles. The van der Waals surface area contributed by atoms with Gasteiger partial charge in [-0.05, 0) is 26.4 Å². The van der Waals surface area contributed by atoms with Crippen molar-refractivity contribution >= 4 is 5.97 Å². The summed E-state index contributed by atoms with van der Waals surface area (Å²) >= 11 is 0. The first-order chi connectivity index (χ1) is 6.60. The van der Waals surface area contributed by atoms with E-state index < -0.39 is 5.97 Å². The molecule has 0 aromatic heterocycles. The summed E-state index contributed by atoms with van der Waals surface area (Å²) in [6, 6.07) is 0. The standard InChI is InChI=1S/C11H21NO2/c1-3-12(2)11(9-10(13)14)7-5-4-6-8-11/h3-9H2,1-2H3,(H,13,14). The summed E-state index contributed by atoms with van der Waals surface area (Å²) in [7, 11) is 2.05.